The molecule has 29 heavy (non-hydrogen) atoms. The van der Waals surface area contributed by atoms with Gasteiger partial charge in [-0.2, -0.15) is 9.40 Å². The Balaban J connectivity index is 1.76. The van der Waals surface area contributed by atoms with Crippen LogP contribution < -0.4 is 5.56 Å². The summed E-state index contributed by atoms with van der Waals surface area (Å²) >= 11 is 0. The average molecular weight is 413 g/mol. The number of furan rings is 1. The highest BCUT2D eigenvalue weighted by atomic mass is 32.2. The van der Waals surface area contributed by atoms with Crippen LogP contribution in [0.4, 0.5) is 0 Å². The largest absolute Gasteiger partial charge is 0.468 e. The fourth-order valence-electron chi connectivity index (χ4n) is 3.83. The van der Waals surface area contributed by atoms with Gasteiger partial charge in [0, 0.05) is 17.7 Å². The molecule has 0 amide bonds. The molecular formula is C21H23N3O4S. The molecule has 2 aromatic heterocycles. The standard InChI is InChI=1S/C21H23N3O4S/c1-15-8-9-16(19-10-11-21(25)23-22-19)13-20(15)29(26,27)24(17-5-2-3-6-17)14-18-7-4-12-28-18/h4,7-13,17H,2-3,5-6,14H2,1H3,(H,23,25). The van der Waals surface area contributed by atoms with E-state index in [4.69, 9.17) is 4.42 Å². The van der Waals surface area contributed by atoms with Crippen LogP contribution in [0.2, 0.25) is 0 Å². The topological polar surface area (TPSA) is 96.3 Å². The van der Waals surface area contributed by atoms with E-state index in [0.29, 0.717) is 22.6 Å². The van der Waals surface area contributed by atoms with Crippen molar-refractivity contribution in [3.8, 4) is 11.3 Å². The van der Waals surface area contributed by atoms with E-state index < -0.39 is 10.0 Å². The molecule has 1 aromatic carbocycles. The number of hydrogen-bond acceptors (Lipinski definition) is 5. The lowest BCUT2D eigenvalue weighted by atomic mass is 10.1. The highest BCUT2D eigenvalue weighted by Crippen LogP contribution is 2.33. The van der Waals surface area contributed by atoms with Gasteiger partial charge in [-0.3, -0.25) is 4.79 Å². The first kappa shape index (κ1) is 19.6. The molecule has 1 saturated carbocycles. The van der Waals surface area contributed by atoms with Crippen molar-refractivity contribution in [3.05, 3.63) is 70.4 Å². The van der Waals surface area contributed by atoms with Gasteiger partial charge in [-0.1, -0.05) is 25.0 Å². The first-order valence-corrected chi connectivity index (χ1v) is 11.1. The van der Waals surface area contributed by atoms with Crippen molar-refractivity contribution in [2.24, 2.45) is 0 Å². The molecule has 152 valence electrons. The predicted molar refractivity (Wildman–Crippen MR) is 109 cm³/mol. The molecule has 1 aliphatic rings. The average Bonchev–Trinajstić information content (AvgIpc) is 3.41. The van der Waals surface area contributed by atoms with Crippen LogP contribution in [0.25, 0.3) is 11.3 Å². The predicted octanol–water partition coefficient (Wildman–Crippen LogP) is 3.47. The molecule has 0 spiro atoms. The Morgan fingerprint density at radius 1 is 1.17 bits per heavy atom. The van der Waals surface area contributed by atoms with E-state index in [1.807, 2.05) is 0 Å². The third-order valence-electron chi connectivity index (χ3n) is 5.37. The SMILES string of the molecule is Cc1ccc(-c2ccc(=O)[nH]n2)cc1S(=O)(=O)N(Cc1ccco1)C1CCCC1. The van der Waals surface area contributed by atoms with Crippen LogP contribution in [0.3, 0.4) is 0 Å². The van der Waals surface area contributed by atoms with Crippen molar-refractivity contribution in [2.45, 2.75) is 50.1 Å². The van der Waals surface area contributed by atoms with E-state index in [2.05, 4.69) is 10.2 Å². The van der Waals surface area contributed by atoms with Crippen LogP contribution in [0.15, 0.2) is 62.8 Å². The smallest absolute Gasteiger partial charge is 0.264 e. The fraction of sp³-hybridized carbons (Fsp3) is 0.333. The molecule has 0 aliphatic heterocycles. The summed E-state index contributed by atoms with van der Waals surface area (Å²) in [5, 5.41) is 6.41. The monoisotopic (exact) mass is 413 g/mol. The first-order valence-electron chi connectivity index (χ1n) is 9.66. The maximum atomic E-state index is 13.7. The molecule has 0 saturated heterocycles. The molecule has 1 aliphatic carbocycles. The molecule has 3 aromatic rings. The van der Waals surface area contributed by atoms with Crippen LogP contribution >= 0.6 is 0 Å². The van der Waals surface area contributed by atoms with Gasteiger partial charge >= 0.3 is 0 Å². The summed E-state index contributed by atoms with van der Waals surface area (Å²) in [6.07, 6.45) is 5.30. The van der Waals surface area contributed by atoms with Crippen LogP contribution in [0.1, 0.15) is 37.0 Å². The highest BCUT2D eigenvalue weighted by Gasteiger charge is 2.35. The van der Waals surface area contributed by atoms with Crippen molar-refractivity contribution in [2.75, 3.05) is 0 Å². The lowest BCUT2D eigenvalue weighted by Gasteiger charge is -2.28. The molecule has 0 radical (unpaired) electrons. The van der Waals surface area contributed by atoms with Gasteiger partial charge < -0.3 is 4.42 Å². The zero-order chi connectivity index (χ0) is 20.4. The number of nitrogens with one attached hydrogen (secondary N) is 1. The van der Waals surface area contributed by atoms with Crippen LogP contribution in [-0.2, 0) is 16.6 Å². The van der Waals surface area contributed by atoms with Crippen molar-refractivity contribution in [3.63, 3.8) is 0 Å². The maximum Gasteiger partial charge on any atom is 0.264 e. The van der Waals surface area contributed by atoms with E-state index in [1.165, 1.54) is 6.07 Å². The van der Waals surface area contributed by atoms with E-state index in [-0.39, 0.29) is 23.0 Å². The zero-order valence-corrected chi connectivity index (χ0v) is 17.0. The minimum atomic E-state index is -3.76. The minimum absolute atomic E-state index is 0.0423. The molecule has 8 heteroatoms. The fourth-order valence-corrected chi connectivity index (χ4v) is 5.73. The summed E-state index contributed by atoms with van der Waals surface area (Å²) in [6, 6.07) is 11.7. The molecule has 2 heterocycles. The number of aromatic nitrogens is 2. The second-order valence-corrected chi connectivity index (χ2v) is 9.21. The summed E-state index contributed by atoms with van der Waals surface area (Å²) in [4.78, 5) is 11.5. The quantitative estimate of drug-likeness (QED) is 0.667. The van der Waals surface area contributed by atoms with Gasteiger partial charge in [-0.05, 0) is 49.6 Å². The Morgan fingerprint density at radius 2 is 1.97 bits per heavy atom. The van der Waals surface area contributed by atoms with Gasteiger partial charge in [0.25, 0.3) is 5.56 Å². The highest BCUT2D eigenvalue weighted by molar-refractivity contribution is 7.89. The second-order valence-electron chi connectivity index (χ2n) is 7.35. The molecule has 1 N–H and O–H groups in total. The molecule has 0 atom stereocenters. The van der Waals surface area contributed by atoms with Gasteiger partial charge in [0.1, 0.15) is 5.76 Å². The number of aromatic amines is 1. The van der Waals surface area contributed by atoms with E-state index in [9.17, 15) is 13.2 Å². The summed E-state index contributed by atoms with van der Waals surface area (Å²) in [5.74, 6) is 0.622. The Kier molecular flexibility index (Phi) is 5.38. The first-order chi connectivity index (χ1) is 13.9. The number of hydrogen-bond donors (Lipinski definition) is 1. The number of benzene rings is 1. The van der Waals surface area contributed by atoms with Crippen LogP contribution in [0, 0.1) is 6.92 Å². The summed E-state index contributed by atoms with van der Waals surface area (Å²) < 4.78 is 34.4. The summed E-state index contributed by atoms with van der Waals surface area (Å²) in [5.41, 5.74) is 1.51. The van der Waals surface area contributed by atoms with Crippen molar-refractivity contribution < 1.29 is 12.8 Å². The van der Waals surface area contributed by atoms with Gasteiger partial charge in [0.15, 0.2) is 0 Å². The minimum Gasteiger partial charge on any atom is -0.468 e. The third kappa shape index (κ3) is 4.04. The molecule has 0 bridgehead atoms. The van der Waals surface area contributed by atoms with Crippen LogP contribution in [-0.4, -0.2) is 29.0 Å². The number of rotatable bonds is 6. The van der Waals surface area contributed by atoms with Gasteiger partial charge in [0.05, 0.1) is 23.4 Å². The molecule has 1 fully saturated rings. The Labute approximate surface area is 169 Å². The number of sulfonamides is 1. The van der Waals surface area contributed by atoms with Crippen molar-refractivity contribution >= 4 is 10.0 Å². The van der Waals surface area contributed by atoms with E-state index >= 15 is 0 Å². The van der Waals surface area contributed by atoms with Crippen molar-refractivity contribution in [1.82, 2.24) is 14.5 Å². The molecular weight excluding hydrogens is 390 g/mol. The number of aryl methyl sites for hydroxylation is 1. The number of nitrogens with zero attached hydrogens (tertiary/aromatic N) is 2. The lowest BCUT2D eigenvalue weighted by molar-refractivity contribution is 0.292. The summed E-state index contributed by atoms with van der Waals surface area (Å²) in [7, 11) is -3.76. The number of H-pyrrole nitrogens is 1. The Hall–Kier alpha value is -2.71. The van der Waals surface area contributed by atoms with E-state index in [0.717, 1.165) is 25.7 Å². The second kappa shape index (κ2) is 7.96. The normalized spacial score (nSPS) is 15.2. The Bertz CT molecular complexity index is 1130. The molecule has 0 unspecified atom stereocenters. The molecule has 4 rings (SSSR count). The lowest BCUT2D eigenvalue weighted by Crippen LogP contribution is -2.38. The third-order valence-corrected chi connectivity index (χ3v) is 7.41. The maximum absolute atomic E-state index is 13.7. The van der Waals surface area contributed by atoms with Crippen molar-refractivity contribution in [1.29, 1.82) is 0 Å². The molecule has 7 nitrogen and oxygen atoms in total. The van der Waals surface area contributed by atoms with Gasteiger partial charge in [-0.15, -0.1) is 0 Å². The summed E-state index contributed by atoms with van der Waals surface area (Å²) in [6.45, 7) is 2.00. The van der Waals surface area contributed by atoms with Crippen LogP contribution in [0.5, 0.6) is 0 Å². The van der Waals surface area contributed by atoms with Gasteiger partial charge in [0.2, 0.25) is 10.0 Å². The van der Waals surface area contributed by atoms with E-state index in [1.54, 1.807) is 53.9 Å². The Morgan fingerprint density at radius 3 is 2.62 bits per heavy atom. The zero-order valence-electron chi connectivity index (χ0n) is 16.2. The van der Waals surface area contributed by atoms with Gasteiger partial charge in [-0.25, -0.2) is 13.5 Å².